The molecule has 104 valence electrons. The fraction of sp³-hybridized carbons (Fsp3) is 0.533. The number of ether oxygens (including phenoxy) is 1. The lowest BCUT2D eigenvalue weighted by atomic mass is 10.1. The average Bonchev–Trinajstić information content (AvgIpc) is 3.21. The Bertz CT molecular complexity index is 413. The number of methoxy groups -OCH3 is 1. The van der Waals surface area contributed by atoms with Crippen LogP contribution in [0.1, 0.15) is 36.5 Å². The van der Waals surface area contributed by atoms with E-state index in [1.807, 2.05) is 24.3 Å². The molecule has 1 aliphatic rings. The lowest BCUT2D eigenvalue weighted by Gasteiger charge is -2.15. The molecule has 1 fully saturated rings. The van der Waals surface area contributed by atoms with Gasteiger partial charge in [-0.05, 0) is 50.5 Å². The van der Waals surface area contributed by atoms with Crippen LogP contribution in [0.3, 0.4) is 0 Å². The largest absolute Gasteiger partial charge is 0.385 e. The van der Waals surface area contributed by atoms with E-state index >= 15 is 0 Å². The fourth-order valence-electron chi connectivity index (χ4n) is 1.87. The van der Waals surface area contributed by atoms with Crippen molar-refractivity contribution in [1.82, 2.24) is 5.32 Å². The van der Waals surface area contributed by atoms with Crippen LogP contribution in [0.4, 0.5) is 5.69 Å². The number of hydrogen-bond donors (Lipinski definition) is 2. The first-order chi connectivity index (χ1) is 9.19. The molecule has 0 radical (unpaired) electrons. The van der Waals surface area contributed by atoms with Crippen LogP contribution in [0, 0.1) is 0 Å². The first kappa shape index (κ1) is 13.9. The van der Waals surface area contributed by atoms with Crippen LogP contribution in [-0.2, 0) is 4.74 Å². The minimum absolute atomic E-state index is 0.0291. The molecular weight excluding hydrogens is 240 g/mol. The number of benzene rings is 1. The van der Waals surface area contributed by atoms with Gasteiger partial charge in [0, 0.05) is 37.1 Å². The monoisotopic (exact) mass is 262 g/mol. The minimum Gasteiger partial charge on any atom is -0.385 e. The molecule has 2 rings (SSSR count). The van der Waals surface area contributed by atoms with Gasteiger partial charge in [0.1, 0.15) is 0 Å². The Kier molecular flexibility index (Phi) is 4.80. The normalized spacial score (nSPS) is 15.9. The Hall–Kier alpha value is -1.55. The second kappa shape index (κ2) is 6.57. The van der Waals surface area contributed by atoms with E-state index in [1.54, 1.807) is 7.11 Å². The van der Waals surface area contributed by atoms with Crippen molar-refractivity contribution in [3.05, 3.63) is 29.8 Å². The van der Waals surface area contributed by atoms with E-state index in [-0.39, 0.29) is 5.91 Å². The van der Waals surface area contributed by atoms with Gasteiger partial charge in [0.05, 0.1) is 0 Å². The summed E-state index contributed by atoms with van der Waals surface area (Å²) in [6.45, 7) is 2.86. The topological polar surface area (TPSA) is 50.4 Å². The predicted molar refractivity (Wildman–Crippen MR) is 76.5 cm³/mol. The molecule has 0 spiro atoms. The molecule has 1 amide bonds. The van der Waals surface area contributed by atoms with Gasteiger partial charge in [0.25, 0.3) is 5.91 Å². The summed E-state index contributed by atoms with van der Waals surface area (Å²) in [7, 11) is 1.71. The van der Waals surface area contributed by atoms with Crippen molar-refractivity contribution >= 4 is 11.6 Å². The van der Waals surface area contributed by atoms with Crippen LogP contribution in [0.2, 0.25) is 0 Å². The number of amides is 1. The van der Waals surface area contributed by atoms with Crippen LogP contribution in [-0.4, -0.2) is 31.7 Å². The van der Waals surface area contributed by atoms with Crippen LogP contribution in [0.15, 0.2) is 24.3 Å². The number of rotatable bonds is 7. The maximum absolute atomic E-state index is 11.8. The first-order valence-electron chi connectivity index (χ1n) is 6.85. The minimum atomic E-state index is 0.0291. The molecule has 1 atom stereocenters. The number of nitrogens with one attached hydrogen (secondary N) is 2. The quantitative estimate of drug-likeness (QED) is 0.793. The van der Waals surface area contributed by atoms with Gasteiger partial charge >= 0.3 is 0 Å². The molecule has 1 unspecified atom stereocenters. The maximum Gasteiger partial charge on any atom is 0.251 e. The van der Waals surface area contributed by atoms with Crippen molar-refractivity contribution < 1.29 is 9.53 Å². The van der Waals surface area contributed by atoms with Gasteiger partial charge in [-0.15, -0.1) is 0 Å². The highest BCUT2D eigenvalue weighted by Gasteiger charge is 2.23. The van der Waals surface area contributed by atoms with Crippen molar-refractivity contribution in [3.63, 3.8) is 0 Å². The van der Waals surface area contributed by atoms with Gasteiger partial charge in [-0.3, -0.25) is 4.79 Å². The molecule has 0 bridgehead atoms. The number of anilines is 1. The molecule has 0 heterocycles. The summed E-state index contributed by atoms with van der Waals surface area (Å²) in [5.41, 5.74) is 1.76. The molecule has 4 heteroatoms. The molecule has 19 heavy (non-hydrogen) atoms. The maximum atomic E-state index is 11.8. The molecule has 0 aromatic heterocycles. The molecule has 2 N–H and O–H groups in total. The van der Waals surface area contributed by atoms with Crippen molar-refractivity contribution in [2.24, 2.45) is 0 Å². The fourth-order valence-corrected chi connectivity index (χ4v) is 1.87. The highest BCUT2D eigenvalue weighted by molar-refractivity contribution is 5.94. The number of carbonyl (C=O) groups is 1. The van der Waals surface area contributed by atoms with Crippen molar-refractivity contribution in [2.75, 3.05) is 19.0 Å². The molecule has 1 aromatic rings. The zero-order valence-corrected chi connectivity index (χ0v) is 11.6. The predicted octanol–water partition coefficient (Wildman–Crippen LogP) is 2.42. The third-order valence-electron chi connectivity index (χ3n) is 3.23. The summed E-state index contributed by atoms with van der Waals surface area (Å²) < 4.78 is 5.05. The van der Waals surface area contributed by atoms with Crippen molar-refractivity contribution in [3.8, 4) is 0 Å². The lowest BCUT2D eigenvalue weighted by Crippen LogP contribution is -2.25. The van der Waals surface area contributed by atoms with Gasteiger partial charge in [0.15, 0.2) is 0 Å². The van der Waals surface area contributed by atoms with Crippen LogP contribution in [0.25, 0.3) is 0 Å². The van der Waals surface area contributed by atoms with Gasteiger partial charge in [0.2, 0.25) is 0 Å². The van der Waals surface area contributed by atoms with Gasteiger partial charge in [-0.25, -0.2) is 0 Å². The third-order valence-corrected chi connectivity index (χ3v) is 3.23. The Morgan fingerprint density at radius 2 is 2.05 bits per heavy atom. The number of carbonyl (C=O) groups excluding carboxylic acids is 1. The van der Waals surface area contributed by atoms with E-state index in [0.29, 0.717) is 12.1 Å². The van der Waals surface area contributed by atoms with Crippen molar-refractivity contribution in [2.45, 2.75) is 38.3 Å². The van der Waals surface area contributed by atoms with Crippen LogP contribution in [0.5, 0.6) is 0 Å². The second-order valence-corrected chi connectivity index (χ2v) is 5.15. The standard InChI is InChI=1S/C15H22N2O2/c1-11(9-10-19-2)16-13-5-3-12(4-6-13)15(18)17-14-7-8-14/h3-6,11,14,16H,7-10H2,1-2H3,(H,17,18). The summed E-state index contributed by atoms with van der Waals surface area (Å²) >= 11 is 0. The summed E-state index contributed by atoms with van der Waals surface area (Å²) in [4.78, 5) is 11.8. The SMILES string of the molecule is COCCC(C)Nc1ccc(C(=O)NC2CC2)cc1. The van der Waals surface area contributed by atoms with Crippen molar-refractivity contribution in [1.29, 1.82) is 0 Å². The first-order valence-corrected chi connectivity index (χ1v) is 6.85. The summed E-state index contributed by atoms with van der Waals surface area (Å²) in [6.07, 6.45) is 3.19. The summed E-state index contributed by atoms with van der Waals surface area (Å²) in [6, 6.07) is 8.38. The number of hydrogen-bond acceptors (Lipinski definition) is 3. The molecule has 1 aromatic carbocycles. The van der Waals surface area contributed by atoms with Crippen LogP contribution < -0.4 is 10.6 Å². The van der Waals surface area contributed by atoms with E-state index in [1.165, 1.54) is 0 Å². The van der Waals surface area contributed by atoms with E-state index in [4.69, 9.17) is 4.74 Å². The Morgan fingerprint density at radius 1 is 1.37 bits per heavy atom. The molecular formula is C15H22N2O2. The Labute approximate surface area is 114 Å². The average molecular weight is 262 g/mol. The third kappa shape index (κ3) is 4.56. The van der Waals surface area contributed by atoms with E-state index in [9.17, 15) is 4.79 Å². The Morgan fingerprint density at radius 3 is 2.63 bits per heavy atom. The zero-order valence-electron chi connectivity index (χ0n) is 11.6. The molecule has 0 saturated heterocycles. The molecule has 1 saturated carbocycles. The molecule has 4 nitrogen and oxygen atoms in total. The summed E-state index contributed by atoms with van der Waals surface area (Å²) in [5, 5.41) is 6.37. The molecule has 1 aliphatic carbocycles. The van der Waals surface area contributed by atoms with E-state index in [0.717, 1.165) is 37.1 Å². The van der Waals surface area contributed by atoms with Crippen LogP contribution >= 0.6 is 0 Å². The smallest absolute Gasteiger partial charge is 0.251 e. The zero-order chi connectivity index (χ0) is 13.7. The second-order valence-electron chi connectivity index (χ2n) is 5.15. The highest BCUT2D eigenvalue weighted by Crippen LogP contribution is 2.19. The molecule has 0 aliphatic heterocycles. The van der Waals surface area contributed by atoms with E-state index < -0.39 is 0 Å². The lowest BCUT2D eigenvalue weighted by molar-refractivity contribution is 0.0951. The van der Waals surface area contributed by atoms with E-state index in [2.05, 4.69) is 17.6 Å². The Balaban J connectivity index is 1.84. The van der Waals surface area contributed by atoms with Gasteiger partial charge < -0.3 is 15.4 Å². The summed E-state index contributed by atoms with van der Waals surface area (Å²) in [5.74, 6) is 0.0291. The highest BCUT2D eigenvalue weighted by atomic mass is 16.5. The van der Waals surface area contributed by atoms with Gasteiger partial charge in [-0.2, -0.15) is 0 Å². The van der Waals surface area contributed by atoms with Gasteiger partial charge in [-0.1, -0.05) is 0 Å².